The van der Waals surface area contributed by atoms with Crippen LogP contribution in [0.2, 0.25) is 5.02 Å². The second-order valence-corrected chi connectivity index (χ2v) is 5.52. The zero-order valence-corrected chi connectivity index (χ0v) is 13.2. The molecule has 2 aromatic heterocycles. The average molecular weight is 347 g/mol. The normalized spacial score (nSPS) is 10.6. The van der Waals surface area contributed by atoms with Gasteiger partial charge in [-0.2, -0.15) is 0 Å². The molecule has 8 heteroatoms. The number of rotatable bonds is 2. The molecule has 0 spiro atoms. The molecule has 3 aromatic rings. The number of fused-ring (bicyclic) bond motifs is 1. The summed E-state index contributed by atoms with van der Waals surface area (Å²) in [5.74, 6) is -2.35. The van der Waals surface area contributed by atoms with Gasteiger partial charge in [0.05, 0.1) is 16.2 Å². The first kappa shape index (κ1) is 15.9. The minimum absolute atomic E-state index is 0.140. The first-order valence-electron chi connectivity index (χ1n) is 6.95. The number of H-pyrrole nitrogens is 1. The molecule has 1 aromatic carbocycles. The fourth-order valence-electron chi connectivity index (χ4n) is 2.21. The van der Waals surface area contributed by atoms with Crippen LogP contribution < -0.4 is 10.6 Å². The summed E-state index contributed by atoms with van der Waals surface area (Å²) in [6.07, 6.45) is 4.75. The number of carbonyl (C=O) groups is 2. The van der Waals surface area contributed by atoms with Crippen LogP contribution in [0.1, 0.15) is 5.56 Å². The Morgan fingerprint density at radius 1 is 1.21 bits per heavy atom. The van der Waals surface area contributed by atoms with E-state index in [1.807, 2.05) is 0 Å². The number of aromatic nitrogens is 2. The van der Waals surface area contributed by atoms with Gasteiger partial charge in [-0.05, 0) is 30.7 Å². The number of aromatic amines is 1. The molecule has 24 heavy (non-hydrogen) atoms. The first-order chi connectivity index (χ1) is 11.5. The number of aryl methyl sites for hydroxylation is 1. The summed E-state index contributed by atoms with van der Waals surface area (Å²) in [4.78, 5) is 31.0. The van der Waals surface area contributed by atoms with E-state index >= 15 is 0 Å². The van der Waals surface area contributed by atoms with Gasteiger partial charge in [0, 0.05) is 29.7 Å². The summed E-state index contributed by atoms with van der Waals surface area (Å²) in [5.41, 5.74) is 1.94. The monoisotopic (exact) mass is 346 g/mol. The van der Waals surface area contributed by atoms with Crippen LogP contribution in [0.15, 0.2) is 36.8 Å². The number of halogens is 2. The predicted molar refractivity (Wildman–Crippen MR) is 89.5 cm³/mol. The first-order valence-corrected chi connectivity index (χ1v) is 7.32. The maximum absolute atomic E-state index is 13.3. The van der Waals surface area contributed by atoms with Gasteiger partial charge in [0.1, 0.15) is 5.82 Å². The molecule has 6 nitrogen and oxygen atoms in total. The van der Waals surface area contributed by atoms with Gasteiger partial charge >= 0.3 is 11.8 Å². The Labute approximate surface area is 141 Å². The minimum Gasteiger partial charge on any atom is -0.359 e. The van der Waals surface area contributed by atoms with Crippen molar-refractivity contribution in [1.82, 2.24) is 9.97 Å². The summed E-state index contributed by atoms with van der Waals surface area (Å²) in [7, 11) is 0. The summed E-state index contributed by atoms with van der Waals surface area (Å²) in [6.45, 7) is 1.60. The van der Waals surface area contributed by atoms with Gasteiger partial charge in [-0.15, -0.1) is 0 Å². The smallest absolute Gasteiger partial charge is 0.314 e. The Bertz CT molecular complexity index is 954. The van der Waals surface area contributed by atoms with Crippen LogP contribution in [0.3, 0.4) is 0 Å². The summed E-state index contributed by atoms with van der Waals surface area (Å²) in [6, 6.07) is 4.18. The van der Waals surface area contributed by atoms with E-state index < -0.39 is 17.6 Å². The molecular formula is C16H12ClFN4O2. The Hall–Kier alpha value is -2.93. The van der Waals surface area contributed by atoms with E-state index in [4.69, 9.17) is 11.6 Å². The zero-order valence-electron chi connectivity index (χ0n) is 12.5. The second kappa shape index (κ2) is 6.29. The van der Waals surface area contributed by atoms with Gasteiger partial charge in [-0.1, -0.05) is 11.6 Å². The van der Waals surface area contributed by atoms with Crippen molar-refractivity contribution in [1.29, 1.82) is 0 Å². The average Bonchev–Trinajstić information content (AvgIpc) is 2.95. The lowest BCUT2D eigenvalue weighted by Crippen LogP contribution is -2.29. The molecule has 2 heterocycles. The lowest BCUT2D eigenvalue weighted by molar-refractivity contribution is -0.132. The zero-order chi connectivity index (χ0) is 17.3. The van der Waals surface area contributed by atoms with Crippen LogP contribution >= 0.6 is 11.6 Å². The van der Waals surface area contributed by atoms with Gasteiger partial charge in [0.15, 0.2) is 0 Å². The van der Waals surface area contributed by atoms with Crippen molar-refractivity contribution in [2.45, 2.75) is 6.92 Å². The molecule has 0 aliphatic heterocycles. The Balaban J connectivity index is 1.76. The van der Waals surface area contributed by atoms with E-state index in [-0.39, 0.29) is 10.7 Å². The number of benzene rings is 1. The Morgan fingerprint density at radius 2 is 1.92 bits per heavy atom. The van der Waals surface area contributed by atoms with Gasteiger partial charge in [-0.3, -0.25) is 14.6 Å². The van der Waals surface area contributed by atoms with E-state index in [1.54, 1.807) is 31.6 Å². The highest BCUT2D eigenvalue weighted by Crippen LogP contribution is 2.24. The Kier molecular flexibility index (Phi) is 4.18. The molecule has 0 saturated heterocycles. The van der Waals surface area contributed by atoms with Crippen molar-refractivity contribution in [2.75, 3.05) is 10.6 Å². The minimum atomic E-state index is -0.890. The standard InChI is InChI=1S/C16H12ClFN4O2/c1-8-4-11(18)10(17)5-13(8)21-15(23)16(24)22-14-7-20-12-2-3-19-6-9(12)14/h2-7,20H,1H3,(H,21,23)(H,22,24). The van der Waals surface area contributed by atoms with Crippen molar-refractivity contribution >= 4 is 45.7 Å². The quantitative estimate of drug-likeness (QED) is 0.622. The third kappa shape index (κ3) is 3.07. The number of carbonyl (C=O) groups excluding carboxylic acids is 2. The number of pyridine rings is 1. The molecule has 0 aliphatic rings. The lowest BCUT2D eigenvalue weighted by atomic mass is 10.2. The largest absolute Gasteiger partial charge is 0.359 e. The SMILES string of the molecule is Cc1cc(F)c(Cl)cc1NC(=O)C(=O)Nc1c[nH]c2ccncc12. The number of nitrogens with one attached hydrogen (secondary N) is 3. The third-order valence-electron chi connectivity index (χ3n) is 3.45. The van der Waals surface area contributed by atoms with E-state index in [9.17, 15) is 14.0 Å². The van der Waals surface area contributed by atoms with Crippen LogP contribution in [0.4, 0.5) is 15.8 Å². The van der Waals surface area contributed by atoms with Crippen molar-refractivity contribution in [2.24, 2.45) is 0 Å². The summed E-state index contributed by atoms with van der Waals surface area (Å²) in [5, 5.41) is 5.45. The second-order valence-electron chi connectivity index (χ2n) is 5.11. The van der Waals surface area contributed by atoms with Crippen molar-refractivity contribution in [3.63, 3.8) is 0 Å². The van der Waals surface area contributed by atoms with Crippen LogP contribution in [-0.2, 0) is 9.59 Å². The molecule has 0 bridgehead atoms. The van der Waals surface area contributed by atoms with E-state index in [0.29, 0.717) is 16.6 Å². The van der Waals surface area contributed by atoms with Gasteiger partial charge in [0.25, 0.3) is 0 Å². The predicted octanol–water partition coefficient (Wildman–Crippen LogP) is 3.24. The van der Waals surface area contributed by atoms with E-state index in [1.165, 1.54) is 12.1 Å². The lowest BCUT2D eigenvalue weighted by Gasteiger charge is -2.09. The molecule has 0 aliphatic carbocycles. The summed E-state index contributed by atoms with van der Waals surface area (Å²) >= 11 is 5.69. The van der Waals surface area contributed by atoms with Gasteiger partial charge in [0.2, 0.25) is 0 Å². The number of amides is 2. The Morgan fingerprint density at radius 3 is 2.67 bits per heavy atom. The fraction of sp³-hybridized carbons (Fsp3) is 0.0625. The molecule has 0 radical (unpaired) electrons. The van der Waals surface area contributed by atoms with E-state index in [2.05, 4.69) is 20.6 Å². The topological polar surface area (TPSA) is 86.9 Å². The molecule has 3 N–H and O–H groups in total. The maximum Gasteiger partial charge on any atom is 0.314 e. The molecule has 0 unspecified atom stereocenters. The highest BCUT2D eigenvalue weighted by atomic mass is 35.5. The third-order valence-corrected chi connectivity index (χ3v) is 3.74. The van der Waals surface area contributed by atoms with Crippen LogP contribution in [0.5, 0.6) is 0 Å². The fourth-order valence-corrected chi connectivity index (χ4v) is 2.37. The molecule has 3 rings (SSSR count). The van der Waals surface area contributed by atoms with Crippen molar-refractivity contribution < 1.29 is 14.0 Å². The molecule has 0 saturated carbocycles. The molecule has 0 atom stereocenters. The highest BCUT2D eigenvalue weighted by Gasteiger charge is 2.17. The van der Waals surface area contributed by atoms with Crippen LogP contribution in [0.25, 0.3) is 10.9 Å². The van der Waals surface area contributed by atoms with Crippen LogP contribution in [-0.4, -0.2) is 21.8 Å². The van der Waals surface area contributed by atoms with Crippen LogP contribution in [0, 0.1) is 12.7 Å². The highest BCUT2D eigenvalue weighted by molar-refractivity contribution is 6.44. The van der Waals surface area contributed by atoms with Crippen molar-refractivity contribution in [3.05, 3.63) is 53.2 Å². The number of anilines is 2. The molecular weight excluding hydrogens is 335 g/mol. The molecule has 2 amide bonds. The van der Waals surface area contributed by atoms with E-state index in [0.717, 1.165) is 5.52 Å². The van der Waals surface area contributed by atoms with Crippen molar-refractivity contribution in [3.8, 4) is 0 Å². The van der Waals surface area contributed by atoms with Gasteiger partial charge in [-0.25, -0.2) is 4.39 Å². The number of nitrogens with zero attached hydrogens (tertiary/aromatic N) is 1. The van der Waals surface area contributed by atoms with Gasteiger partial charge < -0.3 is 15.6 Å². The molecule has 122 valence electrons. The maximum atomic E-state index is 13.3. The molecule has 0 fully saturated rings. The number of hydrogen-bond acceptors (Lipinski definition) is 3. The number of hydrogen-bond donors (Lipinski definition) is 3. The summed E-state index contributed by atoms with van der Waals surface area (Å²) < 4.78 is 13.3.